The van der Waals surface area contributed by atoms with Gasteiger partial charge in [-0.2, -0.15) is 0 Å². The van der Waals surface area contributed by atoms with E-state index < -0.39 is 17.6 Å². The highest BCUT2D eigenvalue weighted by atomic mass is 32.1. The first-order valence-electron chi connectivity index (χ1n) is 5.96. The molecule has 1 heterocycles. The number of carboxylic acid groups (broad SMARTS) is 1. The maximum Gasteiger partial charge on any atom is 0.325 e. The fourth-order valence-corrected chi connectivity index (χ4v) is 2.61. The van der Waals surface area contributed by atoms with Crippen LogP contribution in [0.25, 0.3) is 0 Å². The summed E-state index contributed by atoms with van der Waals surface area (Å²) in [5, 5.41) is 15.3. The number of thiazole rings is 1. The first-order valence-corrected chi connectivity index (χ1v) is 6.84. The number of nitrogens with zero attached hydrogens (tertiary/aromatic N) is 1. The second kappa shape index (κ2) is 5.50. The third-order valence-corrected chi connectivity index (χ3v) is 3.95. The Bertz CT molecular complexity index is 538. The smallest absolute Gasteiger partial charge is 0.325 e. The lowest BCUT2D eigenvalue weighted by molar-refractivity contribution is -0.140. The Morgan fingerprint density at radius 3 is 2.58 bits per heavy atom. The summed E-state index contributed by atoms with van der Waals surface area (Å²) in [6.07, 6.45) is 1.72. The zero-order chi connectivity index (χ0) is 13.9. The van der Waals surface area contributed by atoms with Crippen molar-refractivity contribution in [3.8, 4) is 0 Å². The van der Waals surface area contributed by atoms with E-state index in [4.69, 9.17) is 0 Å². The van der Waals surface area contributed by atoms with Crippen LogP contribution in [0.1, 0.15) is 30.5 Å². The molecule has 5 heteroatoms. The van der Waals surface area contributed by atoms with Crippen LogP contribution in [-0.2, 0) is 10.3 Å². The Hall–Kier alpha value is -1.72. The molecule has 0 bridgehead atoms. The quantitative estimate of drug-likeness (QED) is 0.881. The van der Waals surface area contributed by atoms with E-state index in [1.54, 1.807) is 6.20 Å². The van der Waals surface area contributed by atoms with Crippen LogP contribution in [0.2, 0.25) is 0 Å². The summed E-state index contributed by atoms with van der Waals surface area (Å²) in [5.41, 5.74) is 0.243. The van der Waals surface area contributed by atoms with Crippen LogP contribution in [0.4, 0.5) is 0 Å². The van der Waals surface area contributed by atoms with Crippen LogP contribution >= 0.6 is 11.3 Å². The SMILES string of the molecule is CC(C)(NC(C(=O)O)c1ccccc1)c1nccs1. The molecule has 0 fully saturated rings. The van der Waals surface area contributed by atoms with Crippen molar-refractivity contribution in [2.24, 2.45) is 0 Å². The summed E-state index contributed by atoms with van der Waals surface area (Å²) in [7, 11) is 0. The van der Waals surface area contributed by atoms with Gasteiger partial charge in [-0.05, 0) is 19.4 Å². The van der Waals surface area contributed by atoms with E-state index >= 15 is 0 Å². The molecule has 1 aromatic carbocycles. The van der Waals surface area contributed by atoms with E-state index in [1.165, 1.54) is 11.3 Å². The van der Waals surface area contributed by atoms with Crippen molar-refractivity contribution in [1.82, 2.24) is 10.3 Å². The molecule has 0 spiro atoms. The predicted molar refractivity (Wildman–Crippen MR) is 75.1 cm³/mol. The van der Waals surface area contributed by atoms with Gasteiger partial charge in [0.2, 0.25) is 0 Å². The van der Waals surface area contributed by atoms with E-state index in [2.05, 4.69) is 10.3 Å². The minimum Gasteiger partial charge on any atom is -0.480 e. The van der Waals surface area contributed by atoms with Gasteiger partial charge in [0.1, 0.15) is 11.0 Å². The number of carbonyl (C=O) groups is 1. The van der Waals surface area contributed by atoms with Crippen molar-refractivity contribution in [1.29, 1.82) is 0 Å². The normalized spacial score (nSPS) is 13.2. The number of nitrogens with one attached hydrogen (secondary N) is 1. The molecule has 1 aromatic heterocycles. The van der Waals surface area contributed by atoms with Gasteiger partial charge in [0.05, 0.1) is 5.54 Å². The summed E-state index contributed by atoms with van der Waals surface area (Å²) in [6, 6.07) is 8.41. The van der Waals surface area contributed by atoms with Crippen LogP contribution in [0.3, 0.4) is 0 Å². The van der Waals surface area contributed by atoms with Crippen LogP contribution in [-0.4, -0.2) is 16.1 Å². The van der Waals surface area contributed by atoms with Crippen molar-refractivity contribution in [3.63, 3.8) is 0 Å². The molecule has 0 amide bonds. The van der Waals surface area contributed by atoms with Gasteiger partial charge >= 0.3 is 5.97 Å². The average Bonchev–Trinajstić information content (AvgIpc) is 2.91. The van der Waals surface area contributed by atoms with Crippen molar-refractivity contribution in [2.75, 3.05) is 0 Å². The van der Waals surface area contributed by atoms with E-state index in [0.717, 1.165) is 10.6 Å². The predicted octanol–water partition coefficient (Wildman–Crippen LogP) is 2.79. The monoisotopic (exact) mass is 276 g/mol. The van der Waals surface area contributed by atoms with Crippen LogP contribution in [0, 0.1) is 0 Å². The van der Waals surface area contributed by atoms with Gasteiger partial charge < -0.3 is 5.11 Å². The van der Waals surface area contributed by atoms with Gasteiger partial charge in [0.15, 0.2) is 0 Å². The van der Waals surface area contributed by atoms with Gasteiger partial charge in [-0.15, -0.1) is 11.3 Å². The van der Waals surface area contributed by atoms with Crippen LogP contribution < -0.4 is 5.32 Å². The molecule has 100 valence electrons. The molecular formula is C14H16N2O2S. The van der Waals surface area contributed by atoms with Crippen LogP contribution in [0.15, 0.2) is 41.9 Å². The van der Waals surface area contributed by atoms with E-state index in [-0.39, 0.29) is 0 Å². The largest absolute Gasteiger partial charge is 0.480 e. The van der Waals surface area contributed by atoms with E-state index in [0.29, 0.717) is 0 Å². The Morgan fingerprint density at radius 1 is 1.37 bits per heavy atom. The zero-order valence-corrected chi connectivity index (χ0v) is 11.6. The second-order valence-electron chi connectivity index (χ2n) is 4.79. The van der Waals surface area contributed by atoms with Gasteiger partial charge in [-0.25, -0.2) is 4.98 Å². The molecule has 0 aliphatic heterocycles. The molecule has 2 aromatic rings. The highest BCUT2D eigenvalue weighted by Gasteiger charge is 2.30. The van der Waals surface area contributed by atoms with Gasteiger partial charge in [0, 0.05) is 11.6 Å². The zero-order valence-electron chi connectivity index (χ0n) is 10.8. The molecule has 1 atom stereocenters. The van der Waals surface area contributed by atoms with Crippen LogP contribution in [0.5, 0.6) is 0 Å². The van der Waals surface area contributed by atoms with Crippen molar-refractivity contribution in [3.05, 3.63) is 52.5 Å². The Kier molecular flexibility index (Phi) is 3.97. The number of carboxylic acids is 1. The second-order valence-corrected chi connectivity index (χ2v) is 5.68. The molecule has 0 aliphatic carbocycles. The molecule has 1 unspecified atom stereocenters. The molecule has 0 radical (unpaired) electrons. The Balaban J connectivity index is 2.25. The molecule has 0 aliphatic rings. The molecule has 0 saturated heterocycles. The Labute approximate surface area is 116 Å². The highest BCUT2D eigenvalue weighted by molar-refractivity contribution is 7.09. The van der Waals surface area contributed by atoms with E-state index in [9.17, 15) is 9.90 Å². The molecule has 0 saturated carbocycles. The minimum absolute atomic E-state index is 0.493. The third kappa shape index (κ3) is 3.19. The summed E-state index contributed by atoms with van der Waals surface area (Å²) in [5.74, 6) is -0.893. The maximum atomic E-state index is 11.5. The number of rotatable bonds is 5. The van der Waals surface area contributed by atoms with Crippen molar-refractivity contribution < 1.29 is 9.90 Å². The first kappa shape index (κ1) is 13.7. The highest BCUT2D eigenvalue weighted by Crippen LogP contribution is 2.26. The first-order chi connectivity index (χ1) is 9.00. The number of aliphatic carboxylic acids is 1. The van der Waals surface area contributed by atoms with Crippen molar-refractivity contribution >= 4 is 17.3 Å². The lowest BCUT2D eigenvalue weighted by atomic mass is 10.0. The number of benzene rings is 1. The van der Waals surface area contributed by atoms with Gasteiger partial charge in [-0.3, -0.25) is 10.1 Å². The molecule has 2 N–H and O–H groups in total. The van der Waals surface area contributed by atoms with Gasteiger partial charge in [-0.1, -0.05) is 30.3 Å². The minimum atomic E-state index is -0.893. The fourth-order valence-electron chi connectivity index (χ4n) is 1.89. The third-order valence-electron chi connectivity index (χ3n) is 2.85. The summed E-state index contributed by atoms with van der Waals surface area (Å²) in [4.78, 5) is 15.7. The van der Waals surface area contributed by atoms with Crippen molar-refractivity contribution in [2.45, 2.75) is 25.4 Å². The lowest BCUT2D eigenvalue weighted by Crippen LogP contribution is -2.42. The maximum absolute atomic E-state index is 11.5. The summed E-state index contributed by atoms with van der Waals surface area (Å²) >= 11 is 1.51. The molecule has 2 rings (SSSR count). The molecular weight excluding hydrogens is 260 g/mol. The number of hydrogen-bond acceptors (Lipinski definition) is 4. The summed E-state index contributed by atoms with van der Waals surface area (Å²) in [6.45, 7) is 3.87. The topological polar surface area (TPSA) is 62.2 Å². The number of aromatic nitrogens is 1. The standard InChI is InChI=1S/C14H16N2O2S/c1-14(2,13-15-8-9-19-13)16-11(12(17)18)10-6-4-3-5-7-10/h3-9,11,16H,1-2H3,(H,17,18). The molecule has 4 nitrogen and oxygen atoms in total. The average molecular weight is 276 g/mol. The summed E-state index contributed by atoms with van der Waals surface area (Å²) < 4.78 is 0. The lowest BCUT2D eigenvalue weighted by Gasteiger charge is -2.28. The van der Waals surface area contributed by atoms with Gasteiger partial charge in [0.25, 0.3) is 0 Å². The fraction of sp³-hybridized carbons (Fsp3) is 0.286. The molecule has 19 heavy (non-hydrogen) atoms. The Morgan fingerprint density at radius 2 is 2.05 bits per heavy atom. The van der Waals surface area contributed by atoms with E-state index in [1.807, 2.05) is 49.6 Å². The number of hydrogen-bond donors (Lipinski definition) is 2.